The minimum atomic E-state index is -0.203. The molecule has 29 heavy (non-hydrogen) atoms. The van der Waals surface area contributed by atoms with Gasteiger partial charge in [0.05, 0.1) is 33.6 Å². The molecule has 6 rings (SSSR count). The Morgan fingerprint density at radius 1 is 0.655 bits per heavy atom. The predicted octanol–water partition coefficient (Wildman–Crippen LogP) is 6.22. The molecule has 2 aliphatic heterocycles. The molecule has 2 aliphatic rings. The van der Waals surface area contributed by atoms with Gasteiger partial charge in [-0.3, -0.25) is 0 Å². The van der Waals surface area contributed by atoms with Crippen molar-refractivity contribution in [2.75, 3.05) is 0 Å². The van der Waals surface area contributed by atoms with E-state index in [1.165, 1.54) is 11.1 Å². The Kier molecular flexibility index (Phi) is 3.34. The van der Waals surface area contributed by atoms with Crippen molar-refractivity contribution in [2.24, 2.45) is 0 Å². The summed E-state index contributed by atoms with van der Waals surface area (Å²) in [5.41, 5.74) is 8.02. The van der Waals surface area contributed by atoms with Gasteiger partial charge in [0.2, 0.25) is 0 Å². The molecular weight excluding hydrogens is 356 g/mol. The first kappa shape index (κ1) is 16.9. The van der Waals surface area contributed by atoms with Crippen LogP contribution < -0.4 is 0 Å². The molecule has 2 atom stereocenters. The molecule has 1 saturated heterocycles. The lowest BCUT2D eigenvalue weighted by Gasteiger charge is -2.23. The van der Waals surface area contributed by atoms with E-state index in [0.29, 0.717) is 0 Å². The van der Waals surface area contributed by atoms with E-state index in [1.807, 2.05) is 36.4 Å². The number of hydrogen-bond donors (Lipinski definition) is 0. The summed E-state index contributed by atoms with van der Waals surface area (Å²) in [6.45, 7) is 4.42. The maximum Gasteiger partial charge on any atom is 0.0973 e. The first-order chi connectivity index (χ1) is 14.1. The quantitative estimate of drug-likeness (QED) is 0.415. The zero-order valence-corrected chi connectivity index (χ0v) is 16.6. The second kappa shape index (κ2) is 5.74. The molecule has 2 bridgehead atoms. The summed E-state index contributed by atoms with van der Waals surface area (Å²) in [5, 5.41) is 0. The third kappa shape index (κ3) is 2.41. The van der Waals surface area contributed by atoms with Crippen molar-refractivity contribution in [3.63, 3.8) is 0 Å². The van der Waals surface area contributed by atoms with Gasteiger partial charge >= 0.3 is 0 Å². The van der Waals surface area contributed by atoms with Gasteiger partial charge in [-0.25, -0.2) is 9.97 Å². The van der Waals surface area contributed by atoms with Gasteiger partial charge in [0.25, 0.3) is 0 Å². The van der Waals surface area contributed by atoms with E-state index in [-0.39, 0.29) is 11.2 Å². The van der Waals surface area contributed by atoms with Crippen LogP contribution in [-0.4, -0.2) is 9.97 Å². The Labute approximate surface area is 170 Å². The maximum atomic E-state index is 6.46. The maximum absolute atomic E-state index is 6.46. The molecule has 142 valence electrons. The summed E-state index contributed by atoms with van der Waals surface area (Å²) in [6.07, 6.45) is 2.12. The summed E-state index contributed by atoms with van der Waals surface area (Å²) in [5.74, 6) is 0. The van der Waals surface area contributed by atoms with Crippen LogP contribution in [0.1, 0.15) is 37.8 Å². The van der Waals surface area contributed by atoms with Gasteiger partial charge in [0.15, 0.2) is 0 Å². The molecular formula is C26H22N2O. The summed E-state index contributed by atoms with van der Waals surface area (Å²) < 4.78 is 6.46. The number of rotatable bonds is 2. The normalized spacial score (nSPS) is 24.8. The highest BCUT2D eigenvalue weighted by Crippen LogP contribution is 2.58. The fourth-order valence-electron chi connectivity index (χ4n) is 5.03. The fraction of sp³-hybridized carbons (Fsp3) is 0.231. The van der Waals surface area contributed by atoms with E-state index in [1.54, 1.807) is 0 Å². The lowest BCUT2D eigenvalue weighted by molar-refractivity contribution is -0.0661. The molecule has 3 heterocycles. The first-order valence-electron chi connectivity index (χ1n) is 10.2. The van der Waals surface area contributed by atoms with E-state index >= 15 is 0 Å². The van der Waals surface area contributed by atoms with Gasteiger partial charge in [-0.15, -0.1) is 0 Å². The highest BCUT2D eigenvalue weighted by molar-refractivity contribution is 5.87. The summed E-state index contributed by atoms with van der Waals surface area (Å²) in [4.78, 5) is 10.2. The summed E-state index contributed by atoms with van der Waals surface area (Å²) in [6, 6.07) is 25.1. The molecule has 3 heteroatoms. The Hall–Kier alpha value is -3.04. The van der Waals surface area contributed by atoms with Crippen molar-refractivity contribution in [1.82, 2.24) is 9.97 Å². The Morgan fingerprint density at radius 3 is 1.48 bits per heavy atom. The van der Waals surface area contributed by atoms with Gasteiger partial charge in [-0.05, 0) is 49.9 Å². The Morgan fingerprint density at radius 2 is 1.07 bits per heavy atom. The molecule has 3 aromatic carbocycles. The third-order valence-corrected chi connectivity index (χ3v) is 6.57. The number of ether oxygens (including phenoxy) is 1. The Bertz CT molecular complexity index is 1150. The van der Waals surface area contributed by atoms with Crippen molar-refractivity contribution in [2.45, 2.75) is 37.9 Å². The smallest absolute Gasteiger partial charge is 0.0973 e. The van der Waals surface area contributed by atoms with E-state index in [4.69, 9.17) is 14.7 Å². The standard InChI is InChI=1S/C26H22N2O/c1-25-13-14-26(2,29-25)20-16-22-21(15-19(20)25)27-23(17-9-5-3-6-10-17)24(28-22)18-11-7-4-8-12-18/h3-12,15-16H,13-14H2,1-2H3. The molecule has 0 spiro atoms. The second-order valence-corrected chi connectivity index (χ2v) is 8.60. The largest absolute Gasteiger partial charge is 0.360 e. The van der Waals surface area contributed by atoms with Gasteiger partial charge < -0.3 is 4.74 Å². The van der Waals surface area contributed by atoms with E-state index in [9.17, 15) is 0 Å². The van der Waals surface area contributed by atoms with Gasteiger partial charge in [-0.1, -0.05) is 60.7 Å². The van der Waals surface area contributed by atoms with Gasteiger partial charge in [-0.2, -0.15) is 0 Å². The predicted molar refractivity (Wildman–Crippen MR) is 115 cm³/mol. The average molecular weight is 378 g/mol. The number of aromatic nitrogens is 2. The number of nitrogens with zero attached hydrogens (tertiary/aromatic N) is 2. The fourth-order valence-corrected chi connectivity index (χ4v) is 5.03. The lowest BCUT2D eigenvalue weighted by Crippen LogP contribution is -2.18. The van der Waals surface area contributed by atoms with Crippen LogP contribution in [0.4, 0.5) is 0 Å². The highest BCUT2D eigenvalue weighted by atomic mass is 16.5. The monoisotopic (exact) mass is 378 g/mol. The highest BCUT2D eigenvalue weighted by Gasteiger charge is 2.54. The van der Waals surface area contributed by atoms with E-state index in [2.05, 4.69) is 50.2 Å². The summed E-state index contributed by atoms with van der Waals surface area (Å²) >= 11 is 0. The van der Waals surface area contributed by atoms with Gasteiger partial charge in [0, 0.05) is 11.1 Å². The molecule has 1 aromatic heterocycles. The molecule has 1 fully saturated rings. The number of fused-ring (bicyclic) bond motifs is 6. The topological polar surface area (TPSA) is 35.0 Å². The zero-order chi connectivity index (χ0) is 19.6. The SMILES string of the molecule is CC12CCC(C)(O1)c1cc3nc(-c4ccccc4)c(-c4ccccc4)nc3cc12. The zero-order valence-electron chi connectivity index (χ0n) is 16.6. The van der Waals surface area contributed by atoms with Crippen molar-refractivity contribution in [3.8, 4) is 22.5 Å². The molecule has 0 amide bonds. The van der Waals surface area contributed by atoms with Crippen LogP contribution in [0.3, 0.4) is 0 Å². The van der Waals surface area contributed by atoms with Crippen LogP contribution in [0.5, 0.6) is 0 Å². The van der Waals surface area contributed by atoms with Crippen LogP contribution >= 0.6 is 0 Å². The molecule has 4 aromatic rings. The lowest BCUT2D eigenvalue weighted by atomic mass is 9.78. The molecule has 3 nitrogen and oxygen atoms in total. The molecule has 0 saturated carbocycles. The minimum absolute atomic E-state index is 0.203. The molecule has 0 radical (unpaired) electrons. The van der Waals surface area contributed by atoms with Crippen LogP contribution in [0.15, 0.2) is 72.8 Å². The van der Waals surface area contributed by atoms with Crippen molar-refractivity contribution in [3.05, 3.63) is 83.9 Å². The van der Waals surface area contributed by atoms with Crippen LogP contribution in [0, 0.1) is 0 Å². The van der Waals surface area contributed by atoms with Gasteiger partial charge in [0.1, 0.15) is 0 Å². The third-order valence-electron chi connectivity index (χ3n) is 6.57. The van der Waals surface area contributed by atoms with Crippen LogP contribution in [0.2, 0.25) is 0 Å². The van der Waals surface area contributed by atoms with Crippen LogP contribution in [-0.2, 0) is 15.9 Å². The van der Waals surface area contributed by atoms with Crippen molar-refractivity contribution < 1.29 is 4.74 Å². The molecule has 0 aliphatic carbocycles. The number of hydrogen-bond acceptors (Lipinski definition) is 3. The second-order valence-electron chi connectivity index (χ2n) is 8.60. The first-order valence-corrected chi connectivity index (χ1v) is 10.2. The molecule has 0 N–H and O–H groups in total. The van der Waals surface area contributed by atoms with E-state index < -0.39 is 0 Å². The van der Waals surface area contributed by atoms with E-state index in [0.717, 1.165) is 46.4 Å². The van der Waals surface area contributed by atoms with Crippen molar-refractivity contribution in [1.29, 1.82) is 0 Å². The Balaban J connectivity index is 1.65. The minimum Gasteiger partial charge on any atom is -0.360 e. The average Bonchev–Trinajstić information content (AvgIpc) is 3.20. The van der Waals surface area contributed by atoms with Crippen molar-refractivity contribution >= 4 is 11.0 Å². The van der Waals surface area contributed by atoms with Crippen LogP contribution in [0.25, 0.3) is 33.5 Å². The summed E-state index contributed by atoms with van der Waals surface area (Å²) in [7, 11) is 0. The molecule has 2 unspecified atom stereocenters. The number of benzene rings is 3.